The SMILES string of the molecule is CCCCCCCCCCCn1c(CCCNC(=O)c2cccs2)nc2ccccc21. The lowest BCUT2D eigenvalue weighted by molar-refractivity contribution is 0.0957. The van der Waals surface area contributed by atoms with E-state index in [-0.39, 0.29) is 5.91 Å². The van der Waals surface area contributed by atoms with Gasteiger partial charge in [0.1, 0.15) is 5.82 Å². The van der Waals surface area contributed by atoms with Gasteiger partial charge in [-0.1, -0.05) is 76.5 Å². The maximum absolute atomic E-state index is 12.1. The standard InChI is InChI=1S/C26H37N3OS/c1-2-3-4-5-6-7-8-9-12-20-29-23-16-11-10-15-22(23)28-25(29)18-13-19-27-26(30)24-17-14-21-31-24/h10-11,14-17,21H,2-9,12-13,18-20H2,1H3,(H,27,30). The fraction of sp³-hybridized carbons (Fsp3) is 0.538. The lowest BCUT2D eigenvalue weighted by Gasteiger charge is -2.10. The number of carbonyl (C=O) groups excluding carboxylic acids is 1. The second-order valence-electron chi connectivity index (χ2n) is 8.33. The topological polar surface area (TPSA) is 46.9 Å². The van der Waals surface area contributed by atoms with Gasteiger partial charge in [-0.15, -0.1) is 11.3 Å². The normalized spacial score (nSPS) is 11.3. The van der Waals surface area contributed by atoms with Crippen LogP contribution in [0.25, 0.3) is 11.0 Å². The Bertz CT molecular complexity index is 901. The van der Waals surface area contributed by atoms with Crippen molar-refractivity contribution in [2.45, 2.75) is 84.1 Å². The molecule has 5 heteroatoms. The van der Waals surface area contributed by atoms with Crippen molar-refractivity contribution in [3.8, 4) is 0 Å². The minimum absolute atomic E-state index is 0.0261. The van der Waals surface area contributed by atoms with Crippen LogP contribution in [0.3, 0.4) is 0 Å². The third-order valence-electron chi connectivity index (χ3n) is 5.83. The molecule has 1 N–H and O–H groups in total. The molecule has 31 heavy (non-hydrogen) atoms. The van der Waals surface area contributed by atoms with Gasteiger partial charge in [0.15, 0.2) is 0 Å². The van der Waals surface area contributed by atoms with Gasteiger partial charge in [0.05, 0.1) is 15.9 Å². The number of nitrogens with zero attached hydrogens (tertiary/aromatic N) is 2. The number of nitrogens with one attached hydrogen (secondary N) is 1. The van der Waals surface area contributed by atoms with E-state index in [1.165, 1.54) is 74.6 Å². The number of para-hydroxylation sites is 2. The molecule has 0 bridgehead atoms. The first-order chi connectivity index (χ1) is 15.3. The monoisotopic (exact) mass is 439 g/mol. The Hall–Kier alpha value is -2.14. The maximum Gasteiger partial charge on any atom is 0.261 e. The average molecular weight is 440 g/mol. The molecule has 0 saturated carbocycles. The Balaban J connectivity index is 1.44. The van der Waals surface area contributed by atoms with Crippen LogP contribution in [0.2, 0.25) is 0 Å². The van der Waals surface area contributed by atoms with Crippen LogP contribution in [-0.4, -0.2) is 22.0 Å². The molecule has 168 valence electrons. The van der Waals surface area contributed by atoms with Gasteiger partial charge in [0.2, 0.25) is 0 Å². The van der Waals surface area contributed by atoms with Crippen molar-refractivity contribution < 1.29 is 4.79 Å². The molecule has 3 rings (SSSR count). The molecular formula is C26H37N3OS. The smallest absolute Gasteiger partial charge is 0.261 e. The van der Waals surface area contributed by atoms with E-state index in [1.807, 2.05) is 17.5 Å². The molecule has 0 aliphatic heterocycles. The van der Waals surface area contributed by atoms with Crippen LogP contribution in [0.15, 0.2) is 41.8 Å². The summed E-state index contributed by atoms with van der Waals surface area (Å²) in [5, 5.41) is 4.96. The third kappa shape index (κ3) is 7.49. The van der Waals surface area contributed by atoms with Gasteiger partial charge >= 0.3 is 0 Å². The Kier molecular flexibility index (Phi) is 10.1. The number of fused-ring (bicyclic) bond motifs is 1. The second-order valence-corrected chi connectivity index (χ2v) is 9.28. The van der Waals surface area contributed by atoms with E-state index in [1.54, 1.807) is 0 Å². The molecular weight excluding hydrogens is 402 g/mol. The van der Waals surface area contributed by atoms with Crippen molar-refractivity contribution in [1.29, 1.82) is 0 Å². The molecule has 1 amide bonds. The Morgan fingerprint density at radius 1 is 0.935 bits per heavy atom. The molecule has 3 aromatic rings. The predicted octanol–water partition coefficient (Wildman–Crippen LogP) is 6.99. The van der Waals surface area contributed by atoms with Crippen LogP contribution in [0.1, 0.15) is 86.6 Å². The van der Waals surface area contributed by atoms with Crippen LogP contribution in [0, 0.1) is 0 Å². The van der Waals surface area contributed by atoms with Gasteiger partial charge in [-0.05, 0) is 36.4 Å². The quantitative estimate of drug-likeness (QED) is 0.259. The molecule has 1 aromatic carbocycles. The van der Waals surface area contributed by atoms with E-state index in [0.29, 0.717) is 6.54 Å². The summed E-state index contributed by atoms with van der Waals surface area (Å²) in [6.07, 6.45) is 13.9. The van der Waals surface area contributed by atoms with E-state index >= 15 is 0 Å². The van der Waals surface area contributed by atoms with E-state index in [0.717, 1.165) is 35.6 Å². The molecule has 0 radical (unpaired) electrons. The lowest BCUT2D eigenvalue weighted by atomic mass is 10.1. The van der Waals surface area contributed by atoms with Crippen LogP contribution >= 0.6 is 11.3 Å². The lowest BCUT2D eigenvalue weighted by Crippen LogP contribution is -2.24. The highest BCUT2D eigenvalue weighted by atomic mass is 32.1. The highest BCUT2D eigenvalue weighted by Gasteiger charge is 2.11. The molecule has 2 aromatic heterocycles. The summed E-state index contributed by atoms with van der Waals surface area (Å²) in [5.41, 5.74) is 2.32. The third-order valence-corrected chi connectivity index (χ3v) is 6.70. The first kappa shape index (κ1) is 23.5. The molecule has 2 heterocycles. The summed E-state index contributed by atoms with van der Waals surface area (Å²) in [6.45, 7) is 3.99. The number of unbranched alkanes of at least 4 members (excludes halogenated alkanes) is 8. The minimum Gasteiger partial charge on any atom is -0.351 e. The highest BCUT2D eigenvalue weighted by molar-refractivity contribution is 7.12. The number of aryl methyl sites for hydroxylation is 2. The molecule has 0 fully saturated rings. The number of imidazole rings is 1. The fourth-order valence-corrected chi connectivity index (χ4v) is 4.73. The minimum atomic E-state index is 0.0261. The number of thiophene rings is 1. The largest absolute Gasteiger partial charge is 0.351 e. The number of amides is 1. The number of benzene rings is 1. The average Bonchev–Trinajstić information content (AvgIpc) is 3.44. The summed E-state index contributed by atoms with van der Waals surface area (Å²) in [6, 6.07) is 12.2. The molecule has 0 aliphatic rings. The van der Waals surface area contributed by atoms with Crippen molar-refractivity contribution >= 4 is 28.3 Å². The van der Waals surface area contributed by atoms with E-state index in [2.05, 4.69) is 41.1 Å². The molecule has 0 saturated heterocycles. The molecule has 0 aliphatic carbocycles. The van der Waals surface area contributed by atoms with Crippen LogP contribution < -0.4 is 5.32 Å². The van der Waals surface area contributed by atoms with Crippen molar-refractivity contribution in [3.63, 3.8) is 0 Å². The van der Waals surface area contributed by atoms with Crippen LogP contribution in [-0.2, 0) is 13.0 Å². The van der Waals surface area contributed by atoms with Gasteiger partial charge in [0.25, 0.3) is 5.91 Å². The van der Waals surface area contributed by atoms with E-state index in [4.69, 9.17) is 4.98 Å². The Labute approximate surface area is 191 Å². The van der Waals surface area contributed by atoms with Gasteiger partial charge in [-0.25, -0.2) is 4.98 Å². The zero-order valence-corrected chi connectivity index (χ0v) is 19.8. The first-order valence-electron chi connectivity index (χ1n) is 12.1. The Morgan fingerprint density at radius 2 is 1.68 bits per heavy atom. The highest BCUT2D eigenvalue weighted by Crippen LogP contribution is 2.19. The van der Waals surface area contributed by atoms with Gasteiger partial charge in [-0.3, -0.25) is 4.79 Å². The Morgan fingerprint density at radius 3 is 2.42 bits per heavy atom. The van der Waals surface area contributed by atoms with Gasteiger partial charge < -0.3 is 9.88 Å². The summed E-state index contributed by atoms with van der Waals surface area (Å²) in [4.78, 5) is 17.8. The van der Waals surface area contributed by atoms with Crippen molar-refractivity contribution in [1.82, 2.24) is 14.9 Å². The zero-order valence-electron chi connectivity index (χ0n) is 18.9. The molecule has 4 nitrogen and oxygen atoms in total. The number of carbonyl (C=O) groups is 1. The second kappa shape index (κ2) is 13.3. The van der Waals surface area contributed by atoms with E-state index in [9.17, 15) is 4.79 Å². The van der Waals surface area contributed by atoms with E-state index < -0.39 is 0 Å². The fourth-order valence-electron chi connectivity index (χ4n) is 4.09. The summed E-state index contributed by atoms with van der Waals surface area (Å²) < 4.78 is 2.40. The van der Waals surface area contributed by atoms with Crippen LogP contribution in [0.4, 0.5) is 0 Å². The van der Waals surface area contributed by atoms with Crippen LogP contribution in [0.5, 0.6) is 0 Å². The van der Waals surface area contributed by atoms with Gasteiger partial charge in [0, 0.05) is 19.5 Å². The van der Waals surface area contributed by atoms with Crippen molar-refractivity contribution in [2.24, 2.45) is 0 Å². The summed E-state index contributed by atoms with van der Waals surface area (Å²) in [5.74, 6) is 1.17. The molecule has 0 spiro atoms. The number of aromatic nitrogens is 2. The zero-order chi connectivity index (χ0) is 21.7. The first-order valence-corrected chi connectivity index (χ1v) is 12.9. The summed E-state index contributed by atoms with van der Waals surface area (Å²) in [7, 11) is 0. The van der Waals surface area contributed by atoms with Crippen molar-refractivity contribution in [2.75, 3.05) is 6.54 Å². The van der Waals surface area contributed by atoms with Gasteiger partial charge in [-0.2, -0.15) is 0 Å². The summed E-state index contributed by atoms with van der Waals surface area (Å²) >= 11 is 1.48. The van der Waals surface area contributed by atoms with Crippen molar-refractivity contribution in [3.05, 3.63) is 52.5 Å². The maximum atomic E-state index is 12.1. The molecule has 0 atom stereocenters. The predicted molar refractivity (Wildman–Crippen MR) is 132 cm³/mol. The molecule has 0 unspecified atom stereocenters. The number of rotatable bonds is 15. The number of hydrogen-bond acceptors (Lipinski definition) is 3. The number of hydrogen-bond donors (Lipinski definition) is 1.